The minimum Gasteiger partial charge on any atom is -0.337 e. The van der Waals surface area contributed by atoms with Crippen LogP contribution in [0.4, 0.5) is 4.79 Å². The molecule has 2 fully saturated rings. The van der Waals surface area contributed by atoms with Gasteiger partial charge in [-0.1, -0.05) is 24.3 Å². The molecule has 0 unspecified atom stereocenters. The maximum atomic E-state index is 13.3. The third-order valence-electron chi connectivity index (χ3n) is 6.25. The van der Waals surface area contributed by atoms with Crippen LogP contribution < -0.4 is 5.32 Å². The fourth-order valence-corrected chi connectivity index (χ4v) is 6.57. The molecule has 156 valence electrons. The monoisotopic (exact) mass is 419 g/mol. The highest BCUT2D eigenvalue weighted by Crippen LogP contribution is 2.39. The molecule has 1 aromatic rings. The molecule has 9 heteroatoms. The number of hydrogen-bond acceptors (Lipinski definition) is 5. The second kappa shape index (κ2) is 7.12. The van der Waals surface area contributed by atoms with Gasteiger partial charge in [-0.25, -0.2) is 13.2 Å². The molecule has 0 radical (unpaired) electrons. The largest absolute Gasteiger partial charge is 0.337 e. The average molecular weight is 420 g/mol. The summed E-state index contributed by atoms with van der Waals surface area (Å²) >= 11 is 0. The van der Waals surface area contributed by atoms with Crippen LogP contribution >= 0.6 is 0 Å². The Morgan fingerprint density at radius 3 is 2.76 bits per heavy atom. The Morgan fingerprint density at radius 2 is 2.07 bits per heavy atom. The van der Waals surface area contributed by atoms with E-state index in [1.54, 1.807) is 6.92 Å². The van der Waals surface area contributed by atoms with E-state index in [0.29, 0.717) is 19.4 Å². The summed E-state index contributed by atoms with van der Waals surface area (Å²) in [6, 6.07) is 6.61. The first-order valence-corrected chi connectivity index (χ1v) is 11.8. The summed E-state index contributed by atoms with van der Waals surface area (Å²) in [5.74, 6) is -0.813. The van der Waals surface area contributed by atoms with Crippen LogP contribution in [0.5, 0.6) is 0 Å². The molecule has 2 saturated heterocycles. The van der Waals surface area contributed by atoms with E-state index in [9.17, 15) is 22.8 Å². The molecule has 2 aliphatic heterocycles. The number of sulfone groups is 1. The summed E-state index contributed by atoms with van der Waals surface area (Å²) in [5.41, 5.74) is 0.723. The van der Waals surface area contributed by atoms with Crippen molar-refractivity contribution >= 4 is 27.7 Å². The van der Waals surface area contributed by atoms with Crippen LogP contribution in [0, 0.1) is 0 Å². The first-order chi connectivity index (χ1) is 13.8. The molecular weight excluding hydrogens is 394 g/mol. The summed E-state index contributed by atoms with van der Waals surface area (Å²) in [5, 5.41) is 2.84. The first kappa shape index (κ1) is 19.9. The van der Waals surface area contributed by atoms with Crippen LogP contribution in [0.25, 0.3) is 0 Å². The minimum atomic E-state index is -3.14. The normalized spacial score (nSPS) is 27.8. The third kappa shape index (κ3) is 3.31. The molecule has 3 aliphatic rings. The van der Waals surface area contributed by atoms with Gasteiger partial charge in [-0.15, -0.1) is 0 Å². The van der Waals surface area contributed by atoms with Crippen molar-refractivity contribution in [2.75, 3.05) is 24.6 Å². The number of rotatable bonds is 4. The van der Waals surface area contributed by atoms with Crippen LogP contribution in [0.2, 0.25) is 0 Å². The van der Waals surface area contributed by atoms with Crippen LogP contribution in [0.1, 0.15) is 37.3 Å². The number of imide groups is 1. The van der Waals surface area contributed by atoms with Gasteiger partial charge in [0.25, 0.3) is 5.91 Å². The van der Waals surface area contributed by atoms with Crippen LogP contribution in [-0.2, 0) is 31.4 Å². The van der Waals surface area contributed by atoms with E-state index in [4.69, 9.17) is 0 Å². The Labute approximate surface area is 170 Å². The molecule has 1 N–H and O–H groups in total. The van der Waals surface area contributed by atoms with Gasteiger partial charge in [-0.3, -0.25) is 14.5 Å². The topological polar surface area (TPSA) is 104 Å². The lowest BCUT2D eigenvalue weighted by molar-refractivity contribution is -0.140. The highest BCUT2D eigenvalue weighted by molar-refractivity contribution is 7.91. The molecule has 4 amide bonds. The van der Waals surface area contributed by atoms with Crippen molar-refractivity contribution in [3.63, 3.8) is 0 Å². The Balaban J connectivity index is 1.55. The standard InChI is InChI=1S/C20H25N3O5S/c1-2-22(15-9-11-29(27,28)13-15)17(24)12-23-18(25)20(21-19(23)26)10-5-7-14-6-3-4-8-16(14)20/h3-4,6,8,15H,2,5,7,9-13H2,1H3,(H,21,26)/t15-,20+/m1/s1. The predicted octanol–water partition coefficient (Wildman–Crippen LogP) is 0.806. The van der Waals surface area contributed by atoms with Crippen molar-refractivity contribution in [1.82, 2.24) is 15.1 Å². The minimum absolute atomic E-state index is 0.0600. The molecule has 0 aromatic heterocycles. The summed E-state index contributed by atoms with van der Waals surface area (Å²) in [7, 11) is -3.14. The summed E-state index contributed by atoms with van der Waals surface area (Å²) < 4.78 is 23.6. The number of urea groups is 1. The zero-order valence-corrected chi connectivity index (χ0v) is 17.2. The van der Waals surface area contributed by atoms with Gasteiger partial charge in [-0.2, -0.15) is 0 Å². The predicted molar refractivity (Wildman–Crippen MR) is 106 cm³/mol. The Morgan fingerprint density at radius 1 is 1.31 bits per heavy atom. The van der Waals surface area contributed by atoms with Crippen molar-refractivity contribution in [3.05, 3.63) is 35.4 Å². The number of likely N-dealkylation sites (N-methyl/N-ethyl adjacent to an activating group) is 1. The molecule has 1 spiro atoms. The average Bonchev–Trinajstić information content (AvgIpc) is 3.15. The van der Waals surface area contributed by atoms with Crippen molar-refractivity contribution < 1.29 is 22.8 Å². The smallest absolute Gasteiger partial charge is 0.325 e. The van der Waals surface area contributed by atoms with Gasteiger partial charge in [0.1, 0.15) is 12.1 Å². The molecular formula is C20H25N3O5S. The van der Waals surface area contributed by atoms with E-state index in [0.717, 1.165) is 28.9 Å². The molecule has 29 heavy (non-hydrogen) atoms. The summed E-state index contributed by atoms with van der Waals surface area (Å²) in [6.45, 7) is 1.73. The number of benzene rings is 1. The quantitative estimate of drug-likeness (QED) is 0.728. The number of carbonyl (C=O) groups is 3. The van der Waals surface area contributed by atoms with Crippen molar-refractivity contribution in [2.45, 2.75) is 44.2 Å². The van der Waals surface area contributed by atoms with Crippen molar-refractivity contribution in [3.8, 4) is 0 Å². The fraction of sp³-hybridized carbons (Fsp3) is 0.550. The van der Waals surface area contributed by atoms with Crippen LogP contribution in [0.3, 0.4) is 0 Å². The van der Waals surface area contributed by atoms with Crippen molar-refractivity contribution in [1.29, 1.82) is 0 Å². The Kier molecular flexibility index (Phi) is 4.88. The van der Waals surface area contributed by atoms with Gasteiger partial charge < -0.3 is 10.2 Å². The highest BCUT2D eigenvalue weighted by Gasteiger charge is 2.54. The van der Waals surface area contributed by atoms with E-state index in [2.05, 4.69) is 5.32 Å². The molecule has 2 heterocycles. The molecule has 4 rings (SSSR count). The summed E-state index contributed by atoms with van der Waals surface area (Å²) in [6.07, 6.45) is 2.50. The second-order valence-corrected chi connectivity index (χ2v) is 10.2. The lowest BCUT2D eigenvalue weighted by Gasteiger charge is -2.33. The molecule has 2 atom stereocenters. The van der Waals surface area contributed by atoms with Gasteiger partial charge in [0.15, 0.2) is 9.84 Å². The van der Waals surface area contributed by atoms with E-state index in [1.165, 1.54) is 4.90 Å². The number of nitrogens with zero attached hydrogens (tertiary/aromatic N) is 2. The number of carbonyl (C=O) groups excluding carboxylic acids is 3. The van der Waals surface area contributed by atoms with Gasteiger partial charge in [0.05, 0.1) is 11.5 Å². The number of hydrogen-bond donors (Lipinski definition) is 1. The van der Waals surface area contributed by atoms with E-state index in [1.807, 2.05) is 24.3 Å². The van der Waals surface area contributed by atoms with Crippen molar-refractivity contribution in [2.24, 2.45) is 0 Å². The van der Waals surface area contributed by atoms with Crippen LogP contribution in [0.15, 0.2) is 24.3 Å². The first-order valence-electron chi connectivity index (χ1n) is 10.00. The number of amides is 4. The molecule has 8 nitrogen and oxygen atoms in total. The highest BCUT2D eigenvalue weighted by atomic mass is 32.2. The van der Waals surface area contributed by atoms with E-state index < -0.39 is 39.3 Å². The maximum absolute atomic E-state index is 13.3. The lowest BCUT2D eigenvalue weighted by atomic mass is 9.76. The van der Waals surface area contributed by atoms with Gasteiger partial charge in [0, 0.05) is 12.6 Å². The maximum Gasteiger partial charge on any atom is 0.325 e. The number of nitrogens with one attached hydrogen (secondary N) is 1. The summed E-state index contributed by atoms with van der Waals surface area (Å²) in [4.78, 5) is 41.3. The van der Waals surface area contributed by atoms with E-state index >= 15 is 0 Å². The number of fused-ring (bicyclic) bond motifs is 2. The molecule has 0 saturated carbocycles. The molecule has 0 bridgehead atoms. The van der Waals surface area contributed by atoms with Gasteiger partial charge in [0.2, 0.25) is 5.91 Å². The van der Waals surface area contributed by atoms with E-state index in [-0.39, 0.29) is 18.1 Å². The third-order valence-corrected chi connectivity index (χ3v) is 8.00. The van der Waals surface area contributed by atoms with Crippen LogP contribution in [-0.4, -0.2) is 66.7 Å². The molecule has 1 aliphatic carbocycles. The SMILES string of the molecule is CCN(C(=O)CN1C(=O)N[C@]2(CCCc3ccccc32)C1=O)[C@@H]1CCS(=O)(=O)C1. The fourth-order valence-electron chi connectivity index (χ4n) is 4.84. The van der Waals surface area contributed by atoms with Gasteiger partial charge in [-0.05, 0) is 43.7 Å². The number of aryl methyl sites for hydroxylation is 1. The van der Waals surface area contributed by atoms with Gasteiger partial charge >= 0.3 is 6.03 Å². The second-order valence-electron chi connectivity index (χ2n) is 7.97. The Hall–Kier alpha value is -2.42. The Bertz CT molecular complexity index is 976. The zero-order valence-electron chi connectivity index (χ0n) is 16.4. The lowest BCUT2D eigenvalue weighted by Crippen LogP contribution is -2.49. The zero-order chi connectivity index (χ0) is 20.8. The molecule has 1 aromatic carbocycles.